The number of hydrogen-bond acceptors (Lipinski definition) is 3. The second kappa shape index (κ2) is 8.81. The number of nitrogens with one attached hydrogen (secondary N) is 1. The van der Waals surface area contributed by atoms with E-state index >= 15 is 0 Å². The van der Waals surface area contributed by atoms with Crippen LogP contribution in [0.2, 0.25) is 0 Å². The SMILES string of the molecule is COCCN1C(=S)N[C@@H](c2ccccn2)[C@H]1c1cc(C)n(-c2cc(C)cc(C)c2)c1C. The second-order valence-electron chi connectivity index (χ2n) is 8.32. The average Bonchev–Trinajstić information content (AvgIpc) is 3.21. The number of rotatable bonds is 6. The number of ether oxygens (including phenoxy) is 1. The number of aryl methyl sites for hydroxylation is 3. The van der Waals surface area contributed by atoms with Gasteiger partial charge in [-0.05, 0) is 86.9 Å². The molecule has 0 unspecified atom stereocenters. The Bertz CT molecular complexity index is 1070. The van der Waals surface area contributed by atoms with E-state index in [9.17, 15) is 0 Å². The van der Waals surface area contributed by atoms with Crippen molar-refractivity contribution in [1.82, 2.24) is 19.8 Å². The molecular formula is C25H30N4OS. The van der Waals surface area contributed by atoms with Crippen molar-refractivity contribution < 1.29 is 4.74 Å². The van der Waals surface area contributed by atoms with Gasteiger partial charge in [0.05, 0.1) is 24.4 Å². The summed E-state index contributed by atoms with van der Waals surface area (Å²) in [5.74, 6) is 0. The molecule has 3 heterocycles. The van der Waals surface area contributed by atoms with Crippen LogP contribution in [0.4, 0.5) is 0 Å². The van der Waals surface area contributed by atoms with Gasteiger partial charge in [0, 0.05) is 36.9 Å². The van der Waals surface area contributed by atoms with Crippen LogP contribution < -0.4 is 5.32 Å². The summed E-state index contributed by atoms with van der Waals surface area (Å²) in [5.41, 5.74) is 8.41. The van der Waals surface area contributed by atoms with Crippen LogP contribution in [0.25, 0.3) is 5.69 Å². The van der Waals surface area contributed by atoms with Gasteiger partial charge in [-0.25, -0.2) is 0 Å². The Kier molecular flexibility index (Phi) is 6.12. The lowest BCUT2D eigenvalue weighted by Crippen LogP contribution is -2.32. The second-order valence-corrected chi connectivity index (χ2v) is 8.71. The van der Waals surface area contributed by atoms with Crippen LogP contribution in [0.3, 0.4) is 0 Å². The number of hydrogen-bond donors (Lipinski definition) is 1. The first-order chi connectivity index (χ1) is 14.9. The molecule has 31 heavy (non-hydrogen) atoms. The molecular weight excluding hydrogens is 404 g/mol. The monoisotopic (exact) mass is 434 g/mol. The highest BCUT2D eigenvalue weighted by Gasteiger charge is 2.41. The molecule has 0 radical (unpaired) electrons. The Balaban J connectivity index is 1.83. The topological polar surface area (TPSA) is 42.3 Å². The minimum atomic E-state index is -0.0150. The van der Waals surface area contributed by atoms with Crippen LogP contribution >= 0.6 is 12.2 Å². The lowest BCUT2D eigenvalue weighted by Gasteiger charge is -2.28. The molecule has 1 N–H and O–H groups in total. The highest BCUT2D eigenvalue weighted by Crippen LogP contribution is 2.41. The zero-order valence-corrected chi connectivity index (χ0v) is 19.7. The summed E-state index contributed by atoms with van der Waals surface area (Å²) in [6.45, 7) is 10.0. The van der Waals surface area contributed by atoms with Crippen molar-refractivity contribution in [2.75, 3.05) is 20.3 Å². The first-order valence-corrected chi connectivity index (χ1v) is 11.1. The quantitative estimate of drug-likeness (QED) is 0.569. The van der Waals surface area contributed by atoms with Gasteiger partial charge in [0.25, 0.3) is 0 Å². The fourth-order valence-electron chi connectivity index (χ4n) is 4.74. The largest absolute Gasteiger partial charge is 0.383 e. The van der Waals surface area contributed by atoms with E-state index in [0.717, 1.165) is 17.4 Å². The molecule has 2 aromatic heterocycles. The summed E-state index contributed by atoms with van der Waals surface area (Å²) in [7, 11) is 1.73. The van der Waals surface area contributed by atoms with Gasteiger partial charge in [-0.15, -0.1) is 0 Å². The lowest BCUT2D eigenvalue weighted by atomic mass is 9.97. The third kappa shape index (κ3) is 4.10. The molecule has 0 aliphatic carbocycles. The molecule has 0 bridgehead atoms. The normalized spacial score (nSPS) is 18.5. The first kappa shape index (κ1) is 21.5. The Labute approximate surface area is 190 Å². The summed E-state index contributed by atoms with van der Waals surface area (Å²) >= 11 is 5.74. The fraction of sp³-hybridized carbons (Fsp3) is 0.360. The van der Waals surface area contributed by atoms with Crippen LogP contribution in [-0.4, -0.2) is 39.8 Å². The number of aromatic nitrogens is 2. The van der Waals surface area contributed by atoms with Crippen LogP contribution in [0, 0.1) is 27.7 Å². The van der Waals surface area contributed by atoms with Crippen molar-refractivity contribution in [2.24, 2.45) is 0 Å². The van der Waals surface area contributed by atoms with Gasteiger partial charge in [0.1, 0.15) is 0 Å². The van der Waals surface area contributed by atoms with Crippen molar-refractivity contribution in [1.29, 1.82) is 0 Å². The predicted octanol–water partition coefficient (Wildman–Crippen LogP) is 4.72. The molecule has 2 atom stereocenters. The van der Waals surface area contributed by atoms with Gasteiger partial charge in [-0.3, -0.25) is 4.98 Å². The van der Waals surface area contributed by atoms with E-state index in [1.54, 1.807) is 7.11 Å². The molecule has 1 aliphatic rings. The van der Waals surface area contributed by atoms with E-state index in [1.165, 1.54) is 33.8 Å². The van der Waals surface area contributed by atoms with Crippen molar-refractivity contribution in [3.63, 3.8) is 0 Å². The summed E-state index contributed by atoms with van der Waals surface area (Å²) < 4.78 is 7.73. The Morgan fingerprint density at radius 3 is 2.45 bits per heavy atom. The van der Waals surface area contributed by atoms with Crippen LogP contribution in [0.15, 0.2) is 48.7 Å². The molecule has 1 fully saturated rings. The van der Waals surface area contributed by atoms with Crippen LogP contribution in [-0.2, 0) is 4.74 Å². The lowest BCUT2D eigenvalue weighted by molar-refractivity contribution is 0.164. The van der Waals surface area contributed by atoms with Crippen molar-refractivity contribution in [2.45, 2.75) is 39.8 Å². The molecule has 0 spiro atoms. The maximum absolute atomic E-state index is 5.74. The maximum Gasteiger partial charge on any atom is 0.170 e. The van der Waals surface area contributed by atoms with Crippen molar-refractivity contribution in [3.8, 4) is 5.69 Å². The zero-order chi connectivity index (χ0) is 22.1. The van der Waals surface area contributed by atoms with Gasteiger partial charge in [-0.2, -0.15) is 0 Å². The standard InChI is InChI=1S/C25H30N4OS/c1-16-12-17(2)14-20(13-16)29-18(3)15-21(19(29)4)24-23(22-8-6-7-9-26-22)27-25(31)28(24)10-11-30-5/h6-9,12-15,23-24H,10-11H2,1-5H3,(H,27,31)/t23-,24+/m0/s1. The molecule has 1 saturated heterocycles. The average molecular weight is 435 g/mol. The highest BCUT2D eigenvalue weighted by atomic mass is 32.1. The molecule has 5 nitrogen and oxygen atoms in total. The molecule has 3 aromatic rings. The Morgan fingerprint density at radius 1 is 1.06 bits per heavy atom. The zero-order valence-electron chi connectivity index (χ0n) is 18.8. The Hall–Kier alpha value is -2.70. The molecule has 0 amide bonds. The maximum atomic E-state index is 5.74. The van der Waals surface area contributed by atoms with Crippen LogP contribution in [0.1, 0.15) is 45.9 Å². The minimum Gasteiger partial charge on any atom is -0.383 e. The van der Waals surface area contributed by atoms with E-state index in [2.05, 4.69) is 77.8 Å². The Morgan fingerprint density at radius 2 is 1.81 bits per heavy atom. The van der Waals surface area contributed by atoms with E-state index in [1.807, 2.05) is 18.3 Å². The summed E-state index contributed by atoms with van der Waals surface area (Å²) in [6, 6.07) is 15.1. The van der Waals surface area contributed by atoms with E-state index < -0.39 is 0 Å². The molecule has 1 aliphatic heterocycles. The molecule has 0 saturated carbocycles. The van der Waals surface area contributed by atoms with Gasteiger partial charge in [0.15, 0.2) is 5.11 Å². The molecule has 1 aromatic carbocycles. The molecule has 6 heteroatoms. The van der Waals surface area contributed by atoms with E-state index in [0.29, 0.717) is 6.61 Å². The number of thiocarbonyl (C=S) groups is 1. The number of methoxy groups -OCH3 is 1. The summed E-state index contributed by atoms with van der Waals surface area (Å²) in [6.07, 6.45) is 1.84. The number of benzene rings is 1. The fourth-order valence-corrected chi connectivity index (χ4v) is 5.07. The molecule has 162 valence electrons. The third-order valence-electron chi connectivity index (χ3n) is 5.99. The minimum absolute atomic E-state index is 0.0150. The third-order valence-corrected chi connectivity index (χ3v) is 6.34. The van der Waals surface area contributed by atoms with Crippen molar-refractivity contribution in [3.05, 3.63) is 82.4 Å². The summed E-state index contributed by atoms with van der Waals surface area (Å²) in [5, 5.41) is 4.27. The van der Waals surface area contributed by atoms with Gasteiger partial charge in [-0.1, -0.05) is 12.1 Å². The van der Waals surface area contributed by atoms with E-state index in [4.69, 9.17) is 17.0 Å². The predicted molar refractivity (Wildman–Crippen MR) is 129 cm³/mol. The molecule has 4 rings (SSSR count). The summed E-state index contributed by atoms with van der Waals surface area (Å²) in [4.78, 5) is 6.88. The smallest absolute Gasteiger partial charge is 0.170 e. The van der Waals surface area contributed by atoms with Gasteiger partial charge >= 0.3 is 0 Å². The van der Waals surface area contributed by atoms with Crippen LogP contribution in [0.5, 0.6) is 0 Å². The van der Waals surface area contributed by atoms with Gasteiger partial charge < -0.3 is 19.5 Å². The highest BCUT2D eigenvalue weighted by molar-refractivity contribution is 7.80. The number of nitrogens with zero attached hydrogens (tertiary/aromatic N) is 3. The first-order valence-electron chi connectivity index (χ1n) is 10.6. The van der Waals surface area contributed by atoms with E-state index in [-0.39, 0.29) is 12.1 Å². The van der Waals surface area contributed by atoms with Crippen molar-refractivity contribution >= 4 is 17.3 Å². The number of pyridine rings is 1. The van der Waals surface area contributed by atoms with Gasteiger partial charge in [0.2, 0.25) is 0 Å².